The maximum absolute atomic E-state index is 5.38. The quantitative estimate of drug-likeness (QED) is 0.797. The molecule has 6 nitrogen and oxygen atoms in total. The molecule has 0 saturated carbocycles. The molecule has 0 bridgehead atoms. The highest BCUT2D eigenvalue weighted by molar-refractivity contribution is 5.57. The number of nitrogens with zero attached hydrogens (tertiary/aromatic N) is 4. The van der Waals surface area contributed by atoms with E-state index in [1.807, 2.05) is 19.3 Å². The van der Waals surface area contributed by atoms with Gasteiger partial charge in [-0.05, 0) is 11.6 Å². The van der Waals surface area contributed by atoms with E-state index < -0.39 is 0 Å². The highest BCUT2D eigenvalue weighted by atomic mass is 16.5. The second kappa shape index (κ2) is 4.73. The first-order valence-electron chi connectivity index (χ1n) is 6.94. The Balaban J connectivity index is 1.55. The first kappa shape index (κ1) is 12.1. The minimum Gasteiger partial charge on any atom is -0.384 e. The molecule has 1 N–H and O–H groups in total. The topological polar surface area (TPSA) is 68.8 Å². The number of para-hydroxylation sites is 1. The fraction of sp³-hybridized carbons (Fsp3) is 0.267. The predicted octanol–water partition coefficient (Wildman–Crippen LogP) is 2.22. The Morgan fingerprint density at radius 1 is 1.38 bits per heavy atom. The summed E-state index contributed by atoms with van der Waals surface area (Å²) in [4.78, 5) is 4.47. The van der Waals surface area contributed by atoms with E-state index in [4.69, 9.17) is 4.52 Å². The molecule has 21 heavy (non-hydrogen) atoms. The molecule has 0 aliphatic carbocycles. The molecule has 0 radical (unpaired) electrons. The molecule has 1 aromatic carbocycles. The van der Waals surface area contributed by atoms with Crippen molar-refractivity contribution in [3.63, 3.8) is 0 Å². The van der Waals surface area contributed by atoms with Crippen LogP contribution in [0.1, 0.15) is 17.4 Å². The summed E-state index contributed by atoms with van der Waals surface area (Å²) < 4.78 is 7.10. The van der Waals surface area contributed by atoms with Gasteiger partial charge in [0.25, 0.3) is 0 Å². The van der Waals surface area contributed by atoms with Crippen molar-refractivity contribution in [3.8, 4) is 11.4 Å². The molecule has 6 heteroatoms. The molecule has 3 aromatic rings. The van der Waals surface area contributed by atoms with Crippen molar-refractivity contribution in [1.82, 2.24) is 19.9 Å². The van der Waals surface area contributed by atoms with E-state index in [9.17, 15) is 0 Å². The third-order valence-corrected chi connectivity index (χ3v) is 3.79. The molecule has 0 amide bonds. The van der Waals surface area contributed by atoms with Crippen LogP contribution in [-0.4, -0.2) is 26.5 Å². The van der Waals surface area contributed by atoms with Gasteiger partial charge >= 0.3 is 0 Å². The zero-order valence-electron chi connectivity index (χ0n) is 11.7. The van der Waals surface area contributed by atoms with E-state index in [2.05, 4.69) is 38.8 Å². The van der Waals surface area contributed by atoms with Crippen molar-refractivity contribution in [2.75, 3.05) is 11.9 Å². The van der Waals surface area contributed by atoms with Gasteiger partial charge in [-0.15, -0.1) is 0 Å². The molecule has 0 spiro atoms. The average molecular weight is 281 g/mol. The Bertz CT molecular complexity index is 776. The van der Waals surface area contributed by atoms with E-state index >= 15 is 0 Å². The number of aromatic nitrogens is 4. The molecule has 2 aromatic heterocycles. The molecular formula is C15H15N5O. The van der Waals surface area contributed by atoms with Crippen LogP contribution in [0.5, 0.6) is 0 Å². The number of hydrogen-bond acceptors (Lipinski definition) is 5. The third kappa shape index (κ3) is 2.18. The second-order valence-corrected chi connectivity index (χ2v) is 5.28. The lowest BCUT2D eigenvalue weighted by Gasteiger charge is -2.05. The van der Waals surface area contributed by atoms with Gasteiger partial charge < -0.3 is 9.84 Å². The first-order valence-corrected chi connectivity index (χ1v) is 6.94. The van der Waals surface area contributed by atoms with Crippen LogP contribution in [0.3, 0.4) is 0 Å². The minimum absolute atomic E-state index is 0.378. The van der Waals surface area contributed by atoms with Crippen molar-refractivity contribution in [2.45, 2.75) is 12.3 Å². The maximum atomic E-state index is 5.38. The summed E-state index contributed by atoms with van der Waals surface area (Å²) in [5, 5.41) is 11.6. The predicted molar refractivity (Wildman–Crippen MR) is 77.9 cm³/mol. The molecule has 1 aliphatic heterocycles. The zero-order valence-corrected chi connectivity index (χ0v) is 11.7. The molecule has 4 rings (SSSR count). The van der Waals surface area contributed by atoms with Crippen molar-refractivity contribution in [1.29, 1.82) is 0 Å². The van der Waals surface area contributed by atoms with Gasteiger partial charge in [-0.25, -0.2) is 0 Å². The van der Waals surface area contributed by atoms with Crippen LogP contribution < -0.4 is 5.32 Å². The fourth-order valence-electron chi connectivity index (χ4n) is 2.74. The minimum atomic E-state index is 0.378. The monoisotopic (exact) mass is 281 g/mol. The highest BCUT2D eigenvalue weighted by Gasteiger charge is 2.24. The van der Waals surface area contributed by atoms with Gasteiger partial charge in [-0.3, -0.25) is 4.68 Å². The standard InChI is InChI=1S/C15H15N5O/c1-20-9-11(8-17-20)15-18-14(21-19-15)6-10-7-16-13-5-3-2-4-12(10)13/h2-5,8-10,16H,6-7H2,1H3. The lowest BCUT2D eigenvalue weighted by molar-refractivity contribution is 0.372. The van der Waals surface area contributed by atoms with Crippen molar-refractivity contribution < 1.29 is 4.52 Å². The molecule has 0 fully saturated rings. The van der Waals surface area contributed by atoms with Gasteiger partial charge in [0.2, 0.25) is 11.7 Å². The SMILES string of the molecule is Cn1cc(-c2noc(CC3CNc4ccccc43)n2)cn1. The van der Waals surface area contributed by atoms with Crippen LogP contribution in [0.4, 0.5) is 5.69 Å². The van der Waals surface area contributed by atoms with Crippen LogP contribution in [0.2, 0.25) is 0 Å². The molecule has 1 unspecified atom stereocenters. The van der Waals surface area contributed by atoms with Gasteiger partial charge in [-0.2, -0.15) is 10.1 Å². The number of benzene rings is 1. The lowest BCUT2D eigenvalue weighted by Crippen LogP contribution is -2.05. The highest BCUT2D eigenvalue weighted by Crippen LogP contribution is 2.33. The van der Waals surface area contributed by atoms with Crippen molar-refractivity contribution >= 4 is 5.69 Å². The number of hydrogen-bond donors (Lipinski definition) is 1. The summed E-state index contributed by atoms with van der Waals surface area (Å²) in [5.74, 6) is 1.64. The van der Waals surface area contributed by atoms with Gasteiger partial charge in [-0.1, -0.05) is 23.4 Å². The molecule has 1 aliphatic rings. The summed E-state index contributed by atoms with van der Waals surface area (Å²) in [5.41, 5.74) is 3.39. The van der Waals surface area contributed by atoms with E-state index in [0.29, 0.717) is 17.6 Å². The van der Waals surface area contributed by atoms with E-state index in [0.717, 1.165) is 18.5 Å². The molecule has 1 atom stereocenters. The van der Waals surface area contributed by atoms with Crippen LogP contribution >= 0.6 is 0 Å². The molecule has 106 valence electrons. The van der Waals surface area contributed by atoms with Crippen molar-refractivity contribution in [2.24, 2.45) is 7.05 Å². The fourth-order valence-corrected chi connectivity index (χ4v) is 2.74. The number of anilines is 1. The number of fused-ring (bicyclic) bond motifs is 1. The first-order chi connectivity index (χ1) is 10.3. The van der Waals surface area contributed by atoms with E-state index in [1.165, 1.54) is 11.3 Å². The summed E-state index contributed by atoms with van der Waals surface area (Å²) >= 11 is 0. The van der Waals surface area contributed by atoms with Gasteiger partial charge in [0.1, 0.15) is 0 Å². The molecule has 3 heterocycles. The summed E-state index contributed by atoms with van der Waals surface area (Å²) in [6.07, 6.45) is 4.36. The normalized spacial score (nSPS) is 16.7. The Hall–Kier alpha value is -2.63. The number of nitrogens with one attached hydrogen (secondary N) is 1. The van der Waals surface area contributed by atoms with Crippen molar-refractivity contribution in [3.05, 3.63) is 48.1 Å². The van der Waals surface area contributed by atoms with Crippen LogP contribution in [-0.2, 0) is 13.5 Å². The van der Waals surface area contributed by atoms with Crippen LogP contribution in [0.25, 0.3) is 11.4 Å². The summed E-state index contributed by atoms with van der Waals surface area (Å²) in [6, 6.07) is 8.36. The van der Waals surface area contributed by atoms with Crippen LogP contribution in [0.15, 0.2) is 41.2 Å². The number of rotatable bonds is 3. The average Bonchev–Trinajstić information content (AvgIpc) is 3.20. The second-order valence-electron chi connectivity index (χ2n) is 5.28. The van der Waals surface area contributed by atoms with Gasteiger partial charge in [0.05, 0.1) is 11.8 Å². The maximum Gasteiger partial charge on any atom is 0.227 e. The van der Waals surface area contributed by atoms with E-state index in [1.54, 1.807) is 10.9 Å². The number of aryl methyl sites for hydroxylation is 1. The molecular weight excluding hydrogens is 266 g/mol. The Morgan fingerprint density at radius 2 is 2.29 bits per heavy atom. The smallest absolute Gasteiger partial charge is 0.227 e. The summed E-state index contributed by atoms with van der Waals surface area (Å²) in [7, 11) is 1.87. The summed E-state index contributed by atoms with van der Waals surface area (Å²) in [6.45, 7) is 0.907. The van der Waals surface area contributed by atoms with Gasteiger partial charge in [0, 0.05) is 37.8 Å². The Morgan fingerprint density at radius 3 is 3.14 bits per heavy atom. The Kier molecular flexibility index (Phi) is 2.73. The van der Waals surface area contributed by atoms with Gasteiger partial charge in [0.15, 0.2) is 0 Å². The van der Waals surface area contributed by atoms with E-state index in [-0.39, 0.29) is 0 Å². The zero-order chi connectivity index (χ0) is 14.2. The molecule has 0 saturated heterocycles. The Labute approximate surface area is 121 Å². The largest absolute Gasteiger partial charge is 0.384 e. The van der Waals surface area contributed by atoms with Crippen LogP contribution in [0, 0.1) is 0 Å². The lowest BCUT2D eigenvalue weighted by atomic mass is 9.98. The third-order valence-electron chi connectivity index (χ3n) is 3.79.